The molecule has 38 heavy (non-hydrogen) atoms. The van der Waals surface area contributed by atoms with Gasteiger partial charge in [0, 0.05) is 12.1 Å². The van der Waals surface area contributed by atoms with Crippen molar-refractivity contribution < 1.29 is 34.1 Å². The van der Waals surface area contributed by atoms with Crippen LogP contribution in [0.4, 0.5) is 0 Å². The van der Waals surface area contributed by atoms with Crippen molar-refractivity contribution in [2.45, 2.75) is 39.5 Å². The Bertz CT molecular complexity index is 1410. The van der Waals surface area contributed by atoms with Gasteiger partial charge in [-0.15, -0.1) is 0 Å². The number of ether oxygens (including phenoxy) is 2. The van der Waals surface area contributed by atoms with Crippen LogP contribution in [0.5, 0.6) is 11.5 Å². The molecule has 0 bridgehead atoms. The van der Waals surface area contributed by atoms with Crippen LogP contribution in [0.3, 0.4) is 0 Å². The molecule has 1 aliphatic rings. The first-order valence-electron chi connectivity index (χ1n) is 12.1. The van der Waals surface area contributed by atoms with E-state index in [0.29, 0.717) is 28.0 Å². The van der Waals surface area contributed by atoms with Crippen molar-refractivity contribution in [3.63, 3.8) is 0 Å². The van der Waals surface area contributed by atoms with Gasteiger partial charge in [-0.1, -0.05) is 24.3 Å². The Labute approximate surface area is 220 Å². The van der Waals surface area contributed by atoms with Gasteiger partial charge in [0.05, 0.1) is 30.4 Å². The third-order valence-corrected chi connectivity index (χ3v) is 6.29. The Hall–Kier alpha value is -4.59. The topological polar surface area (TPSA) is 113 Å². The van der Waals surface area contributed by atoms with E-state index in [0.717, 1.165) is 5.56 Å². The van der Waals surface area contributed by atoms with Gasteiger partial charge >= 0.3 is 5.97 Å². The number of methoxy groups -OCH3 is 1. The fourth-order valence-corrected chi connectivity index (χ4v) is 4.45. The Balaban J connectivity index is 1.78. The number of esters is 1. The quantitative estimate of drug-likeness (QED) is 0.199. The van der Waals surface area contributed by atoms with Crippen molar-refractivity contribution in [3.8, 4) is 11.5 Å². The molecule has 8 heteroatoms. The lowest BCUT2D eigenvalue weighted by Gasteiger charge is -2.25. The van der Waals surface area contributed by atoms with E-state index in [2.05, 4.69) is 0 Å². The maximum absolute atomic E-state index is 13.3. The van der Waals surface area contributed by atoms with Crippen molar-refractivity contribution in [2.75, 3.05) is 7.11 Å². The van der Waals surface area contributed by atoms with Crippen LogP contribution in [0, 0.1) is 6.92 Å². The molecule has 1 saturated heterocycles. The fraction of sp³-hybridized carbons (Fsp3) is 0.233. The number of Topliss-reactive ketones (excluding diaryl/α,β-unsaturated/α-hetero) is 1. The second kappa shape index (κ2) is 10.8. The zero-order valence-electron chi connectivity index (χ0n) is 21.6. The zero-order chi connectivity index (χ0) is 27.6. The number of aromatic hydroxyl groups is 1. The van der Waals surface area contributed by atoms with Crippen LogP contribution in [0.1, 0.15) is 52.5 Å². The number of carbonyl (C=O) groups excluding carboxylic acids is 3. The molecule has 1 amide bonds. The summed E-state index contributed by atoms with van der Waals surface area (Å²) in [6.45, 7) is 5.71. The van der Waals surface area contributed by atoms with Crippen LogP contribution in [0.15, 0.2) is 72.3 Å². The molecule has 4 rings (SSSR count). The standard InChI is InChI=1S/C30H29NO7/c1-17(2)38-24-14-11-22(15-18(24)3)27(33)25-26(20-9-12-23(32)13-10-20)31(29(35)28(25)34)16-19-5-7-21(8-6-19)30(36)37-4/h5-15,17,26,32-33H,16H2,1-4H3/b27-25-. The molecule has 1 heterocycles. The van der Waals surface area contributed by atoms with E-state index in [4.69, 9.17) is 9.47 Å². The van der Waals surface area contributed by atoms with Gasteiger partial charge in [-0.3, -0.25) is 9.59 Å². The number of aliphatic hydroxyl groups excluding tert-OH is 1. The Kier molecular flexibility index (Phi) is 7.52. The maximum Gasteiger partial charge on any atom is 0.337 e. The third kappa shape index (κ3) is 5.25. The number of benzene rings is 3. The molecular weight excluding hydrogens is 486 g/mol. The summed E-state index contributed by atoms with van der Waals surface area (Å²) in [6.07, 6.45) is -0.0327. The summed E-state index contributed by atoms with van der Waals surface area (Å²) in [5.41, 5.74) is 2.67. The van der Waals surface area contributed by atoms with E-state index in [1.54, 1.807) is 54.6 Å². The Morgan fingerprint density at radius 3 is 2.18 bits per heavy atom. The van der Waals surface area contributed by atoms with Crippen LogP contribution >= 0.6 is 0 Å². The molecule has 3 aromatic rings. The Morgan fingerprint density at radius 1 is 0.974 bits per heavy atom. The van der Waals surface area contributed by atoms with Crippen molar-refractivity contribution in [2.24, 2.45) is 0 Å². The molecule has 1 unspecified atom stereocenters. The first kappa shape index (κ1) is 26.5. The first-order chi connectivity index (χ1) is 18.1. The monoisotopic (exact) mass is 515 g/mol. The van der Waals surface area contributed by atoms with E-state index >= 15 is 0 Å². The number of hydrogen-bond acceptors (Lipinski definition) is 7. The van der Waals surface area contributed by atoms with Crippen LogP contribution in [0.25, 0.3) is 5.76 Å². The number of aryl methyl sites for hydroxylation is 1. The molecule has 1 aliphatic heterocycles. The summed E-state index contributed by atoms with van der Waals surface area (Å²) < 4.78 is 10.5. The van der Waals surface area contributed by atoms with E-state index < -0.39 is 23.7 Å². The number of carbonyl (C=O) groups is 3. The highest BCUT2D eigenvalue weighted by Crippen LogP contribution is 2.41. The van der Waals surface area contributed by atoms with Gasteiger partial charge in [0.2, 0.25) is 0 Å². The summed E-state index contributed by atoms with van der Waals surface area (Å²) in [5.74, 6) is -1.68. The second-order valence-electron chi connectivity index (χ2n) is 9.35. The number of nitrogens with zero attached hydrogens (tertiary/aromatic N) is 1. The van der Waals surface area contributed by atoms with Crippen LogP contribution in [-0.4, -0.2) is 46.0 Å². The van der Waals surface area contributed by atoms with Crippen LogP contribution in [-0.2, 0) is 20.9 Å². The summed E-state index contributed by atoms with van der Waals surface area (Å²) in [7, 11) is 1.29. The molecule has 8 nitrogen and oxygen atoms in total. The minimum Gasteiger partial charge on any atom is -0.508 e. The van der Waals surface area contributed by atoms with Gasteiger partial charge in [-0.05, 0) is 79.9 Å². The van der Waals surface area contributed by atoms with E-state index in [-0.39, 0.29) is 29.7 Å². The zero-order valence-corrected chi connectivity index (χ0v) is 21.6. The number of aliphatic hydroxyl groups is 1. The van der Waals surface area contributed by atoms with Gasteiger partial charge in [-0.2, -0.15) is 0 Å². The average molecular weight is 516 g/mol. The van der Waals surface area contributed by atoms with Crippen LogP contribution < -0.4 is 4.74 Å². The van der Waals surface area contributed by atoms with Gasteiger partial charge in [0.1, 0.15) is 17.3 Å². The van der Waals surface area contributed by atoms with Gasteiger partial charge in [0.15, 0.2) is 0 Å². The molecule has 0 saturated carbocycles. The summed E-state index contributed by atoms with van der Waals surface area (Å²) in [5, 5.41) is 21.1. The van der Waals surface area contributed by atoms with E-state index in [1.807, 2.05) is 20.8 Å². The highest BCUT2D eigenvalue weighted by molar-refractivity contribution is 6.46. The number of likely N-dealkylation sites (tertiary alicyclic amines) is 1. The first-order valence-corrected chi connectivity index (χ1v) is 12.1. The van der Waals surface area contributed by atoms with Crippen molar-refractivity contribution in [1.29, 1.82) is 0 Å². The SMILES string of the molecule is COC(=O)c1ccc(CN2C(=O)C(=O)/C(=C(\O)c3ccc(OC(C)C)c(C)c3)C2c2ccc(O)cc2)cc1. The number of phenolic OH excluding ortho intramolecular Hbond substituents is 1. The summed E-state index contributed by atoms with van der Waals surface area (Å²) in [4.78, 5) is 39.7. The molecule has 0 aromatic heterocycles. The van der Waals surface area contributed by atoms with Crippen LogP contribution in [0.2, 0.25) is 0 Å². The lowest BCUT2D eigenvalue weighted by atomic mass is 9.94. The Morgan fingerprint density at radius 2 is 1.61 bits per heavy atom. The normalized spacial score (nSPS) is 16.7. The lowest BCUT2D eigenvalue weighted by Crippen LogP contribution is -2.29. The number of hydrogen-bond donors (Lipinski definition) is 2. The third-order valence-electron chi connectivity index (χ3n) is 6.29. The van der Waals surface area contributed by atoms with Crippen molar-refractivity contribution >= 4 is 23.4 Å². The molecule has 1 atom stereocenters. The van der Waals surface area contributed by atoms with Gasteiger partial charge < -0.3 is 24.6 Å². The second-order valence-corrected chi connectivity index (χ2v) is 9.35. The predicted molar refractivity (Wildman–Crippen MR) is 141 cm³/mol. The summed E-state index contributed by atoms with van der Waals surface area (Å²) >= 11 is 0. The van der Waals surface area contributed by atoms with Crippen molar-refractivity contribution in [1.82, 2.24) is 4.90 Å². The molecule has 3 aromatic carbocycles. The minimum absolute atomic E-state index is 0.0282. The minimum atomic E-state index is -0.900. The summed E-state index contributed by atoms with van der Waals surface area (Å²) in [6, 6.07) is 16.8. The van der Waals surface area contributed by atoms with Crippen molar-refractivity contribution in [3.05, 3.63) is 100 Å². The number of rotatable bonds is 7. The maximum atomic E-state index is 13.3. The molecule has 196 valence electrons. The number of amides is 1. The number of ketones is 1. The molecule has 0 spiro atoms. The number of phenols is 1. The largest absolute Gasteiger partial charge is 0.508 e. The highest BCUT2D eigenvalue weighted by Gasteiger charge is 2.46. The molecule has 1 fully saturated rings. The smallest absolute Gasteiger partial charge is 0.337 e. The molecule has 2 N–H and O–H groups in total. The predicted octanol–water partition coefficient (Wildman–Crippen LogP) is 4.90. The average Bonchev–Trinajstić information content (AvgIpc) is 3.14. The molecular formula is C30H29NO7. The van der Waals surface area contributed by atoms with E-state index in [9.17, 15) is 24.6 Å². The van der Waals surface area contributed by atoms with E-state index in [1.165, 1.54) is 24.1 Å². The molecule has 0 aliphatic carbocycles. The van der Waals surface area contributed by atoms with Gasteiger partial charge in [-0.25, -0.2) is 4.79 Å². The van der Waals surface area contributed by atoms with Gasteiger partial charge in [0.25, 0.3) is 11.7 Å². The highest BCUT2D eigenvalue weighted by atomic mass is 16.5. The fourth-order valence-electron chi connectivity index (χ4n) is 4.45. The molecule has 0 radical (unpaired) electrons. The lowest BCUT2D eigenvalue weighted by molar-refractivity contribution is -0.140.